The van der Waals surface area contributed by atoms with Crippen molar-refractivity contribution in [3.63, 3.8) is 0 Å². The summed E-state index contributed by atoms with van der Waals surface area (Å²) >= 11 is 6.00. The number of nitrogens with zero attached hydrogens (tertiary/aromatic N) is 2. The molecule has 182 valence electrons. The fourth-order valence-electron chi connectivity index (χ4n) is 4.82. The zero-order valence-electron chi connectivity index (χ0n) is 19.5. The summed E-state index contributed by atoms with van der Waals surface area (Å²) in [6.07, 6.45) is 4.02. The third-order valence-electron chi connectivity index (χ3n) is 6.61. The molecule has 0 radical (unpaired) electrons. The highest BCUT2D eigenvalue weighted by Gasteiger charge is 2.28. The SMILES string of the molecule is O=c1cc(N2CCOC(c3cccc4c3Oc3ccc(NCc5ccnc(Cl)c5)cc3C4)C2)cc[nH]1. The van der Waals surface area contributed by atoms with Crippen LogP contribution in [0.3, 0.4) is 0 Å². The normalized spacial score (nSPS) is 16.6. The van der Waals surface area contributed by atoms with Gasteiger partial charge in [0, 0.05) is 67.0 Å². The smallest absolute Gasteiger partial charge is 0.249 e. The summed E-state index contributed by atoms with van der Waals surface area (Å²) in [6, 6.07) is 19.8. The lowest BCUT2D eigenvalue weighted by molar-refractivity contribution is 0.0384. The number of aromatic amines is 1. The molecular weight excluding hydrogens is 476 g/mol. The number of ether oxygens (including phenoxy) is 2. The number of anilines is 2. The molecule has 0 aliphatic carbocycles. The first-order valence-corrected chi connectivity index (χ1v) is 12.3. The van der Waals surface area contributed by atoms with Gasteiger partial charge in [0.2, 0.25) is 5.56 Å². The number of morpholine rings is 1. The molecule has 0 bridgehead atoms. The third kappa shape index (κ3) is 4.67. The van der Waals surface area contributed by atoms with Gasteiger partial charge in [0.05, 0.1) is 6.61 Å². The predicted octanol–water partition coefficient (Wildman–Crippen LogP) is 5.31. The summed E-state index contributed by atoms with van der Waals surface area (Å²) in [5.74, 6) is 1.73. The lowest BCUT2D eigenvalue weighted by Gasteiger charge is -2.36. The van der Waals surface area contributed by atoms with Crippen LogP contribution >= 0.6 is 11.6 Å². The number of pyridine rings is 2. The lowest BCUT2D eigenvalue weighted by atomic mass is 9.95. The average Bonchev–Trinajstić information content (AvgIpc) is 2.90. The van der Waals surface area contributed by atoms with E-state index < -0.39 is 0 Å². The number of benzene rings is 2. The van der Waals surface area contributed by atoms with Gasteiger partial charge in [-0.2, -0.15) is 0 Å². The molecule has 1 fully saturated rings. The molecule has 0 spiro atoms. The van der Waals surface area contributed by atoms with Crippen LogP contribution in [0.2, 0.25) is 5.15 Å². The Labute approximate surface area is 213 Å². The minimum Gasteiger partial charge on any atom is -0.456 e. The van der Waals surface area contributed by atoms with Crippen molar-refractivity contribution in [3.05, 3.63) is 111 Å². The number of nitrogens with one attached hydrogen (secondary N) is 2. The van der Waals surface area contributed by atoms with E-state index in [1.54, 1.807) is 18.5 Å². The van der Waals surface area contributed by atoms with Gasteiger partial charge in [-0.05, 0) is 47.5 Å². The van der Waals surface area contributed by atoms with Gasteiger partial charge in [-0.15, -0.1) is 0 Å². The molecule has 0 amide bonds. The van der Waals surface area contributed by atoms with Crippen LogP contribution in [0.5, 0.6) is 11.5 Å². The number of aromatic nitrogens is 2. The largest absolute Gasteiger partial charge is 0.456 e. The van der Waals surface area contributed by atoms with Crippen LogP contribution in [0.1, 0.15) is 28.4 Å². The maximum absolute atomic E-state index is 11.8. The van der Waals surface area contributed by atoms with E-state index in [4.69, 9.17) is 21.1 Å². The first-order valence-electron chi connectivity index (χ1n) is 11.9. The number of para-hydroxylation sites is 1. The van der Waals surface area contributed by atoms with Crippen molar-refractivity contribution >= 4 is 23.0 Å². The Balaban J connectivity index is 1.20. The van der Waals surface area contributed by atoms with E-state index in [1.165, 1.54) is 0 Å². The Morgan fingerprint density at radius 3 is 2.94 bits per heavy atom. The number of hydrogen-bond donors (Lipinski definition) is 2. The minimum absolute atomic E-state index is 0.106. The second-order valence-electron chi connectivity index (χ2n) is 8.99. The Morgan fingerprint density at radius 1 is 1.11 bits per heavy atom. The minimum atomic E-state index is -0.150. The number of rotatable bonds is 5. The van der Waals surface area contributed by atoms with Crippen molar-refractivity contribution in [1.29, 1.82) is 0 Å². The van der Waals surface area contributed by atoms with Crippen LogP contribution in [0, 0.1) is 0 Å². The van der Waals surface area contributed by atoms with E-state index in [9.17, 15) is 4.79 Å². The molecule has 6 rings (SSSR count). The number of H-pyrrole nitrogens is 1. The summed E-state index contributed by atoms with van der Waals surface area (Å²) < 4.78 is 12.6. The van der Waals surface area contributed by atoms with Gasteiger partial charge in [-0.3, -0.25) is 4.79 Å². The molecule has 2 aromatic heterocycles. The van der Waals surface area contributed by atoms with Gasteiger partial charge < -0.3 is 24.7 Å². The maximum atomic E-state index is 11.8. The molecular formula is C28H25ClN4O3. The van der Waals surface area contributed by atoms with E-state index in [2.05, 4.69) is 44.5 Å². The topological polar surface area (TPSA) is 79.5 Å². The highest BCUT2D eigenvalue weighted by molar-refractivity contribution is 6.29. The summed E-state index contributed by atoms with van der Waals surface area (Å²) in [7, 11) is 0. The fraction of sp³-hybridized carbons (Fsp3) is 0.214. The van der Waals surface area contributed by atoms with Crippen molar-refractivity contribution in [1.82, 2.24) is 9.97 Å². The van der Waals surface area contributed by atoms with E-state index in [0.717, 1.165) is 58.1 Å². The quantitative estimate of drug-likeness (QED) is 0.318. The molecule has 7 nitrogen and oxygen atoms in total. The zero-order chi connectivity index (χ0) is 24.5. The van der Waals surface area contributed by atoms with Crippen LogP contribution in [0.15, 0.2) is 77.9 Å². The van der Waals surface area contributed by atoms with Gasteiger partial charge in [0.15, 0.2) is 0 Å². The lowest BCUT2D eigenvalue weighted by Crippen LogP contribution is -2.39. The first kappa shape index (κ1) is 22.6. The van der Waals surface area contributed by atoms with E-state index in [0.29, 0.717) is 24.8 Å². The predicted molar refractivity (Wildman–Crippen MR) is 140 cm³/mol. The van der Waals surface area contributed by atoms with Gasteiger partial charge in [-0.25, -0.2) is 4.98 Å². The van der Waals surface area contributed by atoms with Crippen molar-refractivity contribution in [2.24, 2.45) is 0 Å². The molecule has 2 aromatic carbocycles. The highest BCUT2D eigenvalue weighted by atomic mass is 35.5. The van der Waals surface area contributed by atoms with Crippen molar-refractivity contribution in [3.8, 4) is 11.5 Å². The molecule has 36 heavy (non-hydrogen) atoms. The van der Waals surface area contributed by atoms with Crippen LogP contribution < -0.4 is 20.5 Å². The van der Waals surface area contributed by atoms with Gasteiger partial charge in [0.1, 0.15) is 22.8 Å². The maximum Gasteiger partial charge on any atom is 0.249 e. The molecule has 2 N–H and O–H groups in total. The monoisotopic (exact) mass is 500 g/mol. The van der Waals surface area contributed by atoms with E-state index >= 15 is 0 Å². The van der Waals surface area contributed by atoms with Crippen molar-refractivity contribution in [2.75, 3.05) is 29.9 Å². The fourth-order valence-corrected chi connectivity index (χ4v) is 5.02. The van der Waals surface area contributed by atoms with E-state index in [-0.39, 0.29) is 11.7 Å². The number of hydrogen-bond acceptors (Lipinski definition) is 6. The van der Waals surface area contributed by atoms with Crippen LogP contribution in [0.25, 0.3) is 0 Å². The molecule has 0 saturated carbocycles. The highest BCUT2D eigenvalue weighted by Crippen LogP contribution is 2.43. The molecule has 1 saturated heterocycles. The van der Waals surface area contributed by atoms with Crippen LogP contribution in [-0.2, 0) is 17.7 Å². The molecule has 4 aromatic rings. The zero-order valence-corrected chi connectivity index (χ0v) is 20.3. The number of halogens is 1. The van der Waals surface area contributed by atoms with Crippen molar-refractivity contribution < 1.29 is 9.47 Å². The summed E-state index contributed by atoms with van der Waals surface area (Å²) in [6.45, 7) is 2.62. The Bertz CT molecular complexity index is 1470. The van der Waals surface area contributed by atoms with Crippen molar-refractivity contribution in [2.45, 2.75) is 19.1 Å². The Kier molecular flexibility index (Phi) is 6.09. The third-order valence-corrected chi connectivity index (χ3v) is 6.81. The summed E-state index contributed by atoms with van der Waals surface area (Å²) in [4.78, 5) is 20.7. The molecule has 1 unspecified atom stereocenters. The average molecular weight is 501 g/mol. The second kappa shape index (κ2) is 9.68. The molecule has 1 atom stereocenters. The molecule has 2 aliphatic heterocycles. The van der Waals surface area contributed by atoms with Gasteiger partial charge in [-0.1, -0.05) is 29.8 Å². The van der Waals surface area contributed by atoms with E-state index in [1.807, 2.05) is 30.3 Å². The number of fused-ring (bicyclic) bond motifs is 2. The Morgan fingerprint density at radius 2 is 2.06 bits per heavy atom. The van der Waals surface area contributed by atoms with Gasteiger partial charge >= 0.3 is 0 Å². The van der Waals surface area contributed by atoms with Crippen LogP contribution in [-0.4, -0.2) is 29.7 Å². The molecule has 8 heteroatoms. The van der Waals surface area contributed by atoms with Crippen LogP contribution in [0.4, 0.5) is 11.4 Å². The standard InChI is InChI=1S/C28H25ClN4O3/c29-26-12-18(6-8-30-26)16-32-21-4-5-24-20(14-21)13-19-2-1-3-23(28(19)36-24)25-17-33(10-11-35-25)22-7-9-31-27(34)15-22/h1-9,12,14-15,25,32H,10-11,13,16-17H2,(H,31,34). The molecule has 4 heterocycles. The Hall–Kier alpha value is -3.81. The first-order chi connectivity index (χ1) is 17.6. The summed E-state index contributed by atoms with van der Waals surface area (Å²) in [5, 5.41) is 3.95. The summed E-state index contributed by atoms with van der Waals surface area (Å²) in [5.41, 5.74) is 6.18. The second-order valence-corrected chi connectivity index (χ2v) is 9.38. The van der Waals surface area contributed by atoms with Gasteiger partial charge in [0.25, 0.3) is 0 Å². The molecule has 2 aliphatic rings.